The molecule has 1 aromatic heterocycles. The quantitative estimate of drug-likeness (QED) is 0.0899. The van der Waals surface area contributed by atoms with Crippen molar-refractivity contribution in [3.63, 3.8) is 0 Å². The Morgan fingerprint density at radius 1 is 0.945 bits per heavy atom. The van der Waals surface area contributed by atoms with Crippen LogP contribution in [0, 0.1) is 11.8 Å². The maximum Gasteiger partial charge on any atom is 0.407 e. The first kappa shape index (κ1) is 37.7. The van der Waals surface area contributed by atoms with Crippen LogP contribution < -0.4 is 25.4 Å². The van der Waals surface area contributed by atoms with Crippen LogP contribution in [0.3, 0.4) is 0 Å². The fraction of sp³-hybridized carbons (Fsp3) is 0.452. The molecule has 1 saturated heterocycles. The van der Waals surface area contributed by atoms with E-state index >= 15 is 0 Å². The third kappa shape index (κ3) is 8.55. The lowest BCUT2D eigenvalue weighted by Crippen LogP contribution is -2.51. The van der Waals surface area contributed by atoms with Gasteiger partial charge in [-0.05, 0) is 90.6 Å². The molecule has 3 aliphatic heterocycles. The molecule has 55 heavy (non-hydrogen) atoms. The largest absolute Gasteiger partial charge is 0.453 e. The molecule has 1 fully saturated rings. The second-order valence-electron chi connectivity index (χ2n) is 15.4. The maximum atomic E-state index is 13.6. The first-order valence-electron chi connectivity index (χ1n) is 19.4. The van der Waals surface area contributed by atoms with Gasteiger partial charge in [0.2, 0.25) is 11.8 Å². The van der Waals surface area contributed by atoms with E-state index in [0.29, 0.717) is 55.0 Å². The van der Waals surface area contributed by atoms with Crippen LogP contribution in [-0.4, -0.2) is 71.4 Å². The summed E-state index contributed by atoms with van der Waals surface area (Å²) in [5, 5.41) is 9.28. The molecule has 290 valence electrons. The van der Waals surface area contributed by atoms with Gasteiger partial charge in [0, 0.05) is 25.9 Å². The van der Waals surface area contributed by atoms with Crippen molar-refractivity contribution in [1.29, 1.82) is 0 Å². The Bertz CT molecular complexity index is 2090. The number of ether oxygens (including phenoxy) is 3. The van der Waals surface area contributed by atoms with Crippen LogP contribution in [0.15, 0.2) is 59.6 Å². The fourth-order valence-corrected chi connectivity index (χ4v) is 7.48. The number of H-pyrrole nitrogens is 1. The summed E-state index contributed by atoms with van der Waals surface area (Å²) in [6.07, 6.45) is 4.27. The van der Waals surface area contributed by atoms with E-state index < -0.39 is 12.1 Å². The number of rotatable bonds is 13. The highest BCUT2D eigenvalue weighted by Crippen LogP contribution is 2.47. The van der Waals surface area contributed by atoms with Crippen molar-refractivity contribution in [3.05, 3.63) is 66.0 Å². The van der Waals surface area contributed by atoms with Gasteiger partial charge in [-0.2, -0.15) is 0 Å². The molecule has 0 spiro atoms. The number of carbonyl (C=O) groups is 3. The van der Waals surface area contributed by atoms with E-state index in [9.17, 15) is 14.4 Å². The minimum atomic E-state index is -0.693. The number of amidine groups is 1. The maximum absolute atomic E-state index is 13.6. The lowest BCUT2D eigenvalue weighted by atomic mass is 10.0. The number of alkyl carbamates (subject to hydrolysis) is 1. The Morgan fingerprint density at radius 2 is 1.69 bits per heavy atom. The van der Waals surface area contributed by atoms with Gasteiger partial charge in [0.1, 0.15) is 11.9 Å². The van der Waals surface area contributed by atoms with Gasteiger partial charge < -0.3 is 40.0 Å². The number of carbonyl (C=O) groups excluding carboxylic acids is 3. The van der Waals surface area contributed by atoms with E-state index in [-0.39, 0.29) is 29.8 Å². The molecule has 13 heteroatoms. The van der Waals surface area contributed by atoms with Crippen molar-refractivity contribution >= 4 is 34.8 Å². The highest BCUT2D eigenvalue weighted by molar-refractivity contribution is 5.87. The molecule has 0 saturated carbocycles. The molecule has 0 radical (unpaired) electrons. The SMILES string of the molecule is COC(=O)N[C@H](C(=O)N1CCC[C@H]1c1nc2ccc(-c3ccc4c(c3)Oc3cc(C5CN=C(CCCCNC(=O)CC(C)C)N5)ccc3O4)cc2[nH]1)C(C)C. The van der Waals surface area contributed by atoms with Gasteiger partial charge >= 0.3 is 6.09 Å². The molecule has 13 nitrogen and oxygen atoms in total. The number of hydrogen-bond acceptors (Lipinski definition) is 9. The van der Waals surface area contributed by atoms with Crippen molar-refractivity contribution in [1.82, 2.24) is 30.8 Å². The third-order valence-electron chi connectivity index (χ3n) is 10.4. The number of methoxy groups -OCH3 is 1. The van der Waals surface area contributed by atoms with Gasteiger partial charge in [-0.1, -0.05) is 45.9 Å². The van der Waals surface area contributed by atoms with Gasteiger partial charge in [-0.15, -0.1) is 0 Å². The number of aromatic amines is 1. The van der Waals surface area contributed by atoms with Crippen LogP contribution >= 0.6 is 0 Å². The average Bonchev–Trinajstić information content (AvgIpc) is 3.95. The Labute approximate surface area is 321 Å². The monoisotopic (exact) mass is 749 g/mol. The topological polar surface area (TPSA) is 159 Å². The number of imidazole rings is 1. The number of benzene rings is 3. The minimum Gasteiger partial charge on any atom is -0.453 e. The summed E-state index contributed by atoms with van der Waals surface area (Å²) in [6, 6.07) is 17.2. The molecule has 0 bridgehead atoms. The molecule has 3 amide bonds. The Balaban J connectivity index is 0.990. The van der Waals surface area contributed by atoms with E-state index in [1.165, 1.54) is 7.11 Å². The molecule has 3 atom stereocenters. The van der Waals surface area contributed by atoms with Crippen LogP contribution in [0.1, 0.15) is 89.7 Å². The number of unbranched alkanes of at least 4 members (excludes halogenated alkanes) is 1. The molecule has 3 aliphatic rings. The van der Waals surface area contributed by atoms with Crippen LogP contribution in [-0.2, 0) is 14.3 Å². The second-order valence-corrected chi connectivity index (χ2v) is 15.4. The zero-order valence-electron chi connectivity index (χ0n) is 32.2. The summed E-state index contributed by atoms with van der Waals surface area (Å²) in [6.45, 7) is 9.84. The summed E-state index contributed by atoms with van der Waals surface area (Å²) in [4.78, 5) is 52.5. The Hall–Kier alpha value is -5.59. The number of likely N-dealkylation sites (tertiary alicyclic amines) is 1. The van der Waals surface area contributed by atoms with Gasteiger partial charge in [0.05, 0.1) is 42.6 Å². The van der Waals surface area contributed by atoms with Crippen molar-refractivity contribution in [2.45, 2.75) is 84.3 Å². The van der Waals surface area contributed by atoms with Crippen molar-refractivity contribution in [2.24, 2.45) is 16.8 Å². The van der Waals surface area contributed by atoms with Gasteiger partial charge in [-0.3, -0.25) is 14.6 Å². The zero-order valence-corrected chi connectivity index (χ0v) is 32.2. The molecule has 4 aromatic rings. The van der Waals surface area contributed by atoms with Crippen LogP contribution in [0.4, 0.5) is 4.79 Å². The normalized spacial score (nSPS) is 17.9. The van der Waals surface area contributed by atoms with Crippen molar-refractivity contribution in [3.8, 4) is 34.1 Å². The summed E-state index contributed by atoms with van der Waals surface area (Å²) in [5.74, 6) is 4.54. The Morgan fingerprint density at radius 3 is 2.47 bits per heavy atom. The molecule has 4 heterocycles. The summed E-state index contributed by atoms with van der Waals surface area (Å²) in [7, 11) is 1.29. The van der Waals surface area contributed by atoms with E-state index in [1.807, 2.05) is 75.1 Å². The number of nitrogens with one attached hydrogen (secondary N) is 4. The summed E-state index contributed by atoms with van der Waals surface area (Å²) >= 11 is 0. The summed E-state index contributed by atoms with van der Waals surface area (Å²) in [5.41, 5.74) is 4.69. The standard InChI is InChI=1S/C42H51N7O6/c1-24(2)19-38(50)43-17-7-6-10-37-44-23-31(45-37)28-13-16-34-36(22-28)55-35-21-27(12-15-33(35)54-34)26-11-14-29-30(20-26)47-40(46-29)32-9-8-18-49(32)41(51)39(25(3)4)48-42(52)53-5/h11-16,20-22,24-25,31-32,39H,6-10,17-19,23H2,1-5H3,(H,43,50)(H,44,45)(H,46,47)(H,48,52)/t31?,32-,39-/m0/s1. The van der Waals surface area contributed by atoms with E-state index in [4.69, 9.17) is 24.2 Å². The molecular formula is C42H51N7O6. The molecule has 3 aromatic carbocycles. The minimum absolute atomic E-state index is 0.0518. The smallest absolute Gasteiger partial charge is 0.407 e. The number of nitrogens with zero attached hydrogens (tertiary/aromatic N) is 3. The van der Waals surface area contributed by atoms with E-state index in [2.05, 4.69) is 33.1 Å². The summed E-state index contributed by atoms with van der Waals surface area (Å²) < 4.78 is 17.5. The molecular weight excluding hydrogens is 699 g/mol. The zero-order chi connectivity index (χ0) is 38.6. The van der Waals surface area contributed by atoms with E-state index in [1.54, 1.807) is 0 Å². The number of fused-ring (bicyclic) bond motifs is 3. The van der Waals surface area contributed by atoms with Crippen molar-refractivity contribution < 1.29 is 28.6 Å². The lowest BCUT2D eigenvalue weighted by Gasteiger charge is -2.29. The predicted molar refractivity (Wildman–Crippen MR) is 210 cm³/mol. The highest BCUT2D eigenvalue weighted by atomic mass is 16.6. The lowest BCUT2D eigenvalue weighted by molar-refractivity contribution is -0.135. The first-order valence-corrected chi connectivity index (χ1v) is 19.4. The Kier molecular flexibility index (Phi) is 11.3. The van der Waals surface area contributed by atoms with Crippen LogP contribution in [0.25, 0.3) is 22.2 Å². The van der Waals surface area contributed by atoms with Gasteiger partial charge in [0.25, 0.3) is 0 Å². The third-order valence-corrected chi connectivity index (χ3v) is 10.4. The van der Waals surface area contributed by atoms with Crippen molar-refractivity contribution in [2.75, 3.05) is 26.7 Å². The van der Waals surface area contributed by atoms with E-state index in [0.717, 1.165) is 71.5 Å². The highest BCUT2D eigenvalue weighted by Gasteiger charge is 2.37. The number of aromatic nitrogens is 2. The molecule has 0 aliphatic carbocycles. The molecule has 4 N–H and O–H groups in total. The predicted octanol–water partition coefficient (Wildman–Crippen LogP) is 7.55. The fourth-order valence-electron chi connectivity index (χ4n) is 7.48. The second kappa shape index (κ2) is 16.4. The van der Waals surface area contributed by atoms with Gasteiger partial charge in [0.15, 0.2) is 23.0 Å². The number of amides is 3. The van der Waals surface area contributed by atoms with Gasteiger partial charge in [-0.25, -0.2) is 9.78 Å². The van der Waals surface area contributed by atoms with Crippen LogP contribution in [0.5, 0.6) is 23.0 Å². The van der Waals surface area contributed by atoms with Crippen LogP contribution in [0.2, 0.25) is 0 Å². The number of hydrogen-bond donors (Lipinski definition) is 4. The molecule has 1 unspecified atom stereocenters. The average molecular weight is 750 g/mol. The first-order chi connectivity index (χ1) is 26.6. The molecule has 7 rings (SSSR count). The number of aliphatic imine (C=N–C) groups is 1.